The lowest BCUT2D eigenvalue weighted by molar-refractivity contribution is 0.107. The van der Waals surface area contributed by atoms with Crippen molar-refractivity contribution in [1.29, 1.82) is 0 Å². The quantitative estimate of drug-likeness (QED) is 0.827. The minimum Gasteiger partial charge on any atom is -0.481 e. The molecule has 0 aromatic carbocycles. The Morgan fingerprint density at radius 3 is 2.80 bits per heavy atom. The molecule has 2 rings (SSSR count). The van der Waals surface area contributed by atoms with Gasteiger partial charge in [-0.05, 0) is 24.8 Å². The number of rotatable bonds is 3. The van der Waals surface area contributed by atoms with Crippen LogP contribution in [0.1, 0.15) is 37.5 Å². The summed E-state index contributed by atoms with van der Waals surface area (Å²) in [7, 11) is 1.59. The van der Waals surface area contributed by atoms with E-state index in [9.17, 15) is 5.11 Å². The van der Waals surface area contributed by atoms with Crippen LogP contribution in [0.5, 0.6) is 5.88 Å². The molecular formula is C12H17NO2. The molecule has 82 valence electrons. The second-order valence-corrected chi connectivity index (χ2v) is 4.09. The van der Waals surface area contributed by atoms with Crippen molar-refractivity contribution in [2.75, 3.05) is 7.11 Å². The molecule has 0 saturated heterocycles. The highest BCUT2D eigenvalue weighted by atomic mass is 16.5. The van der Waals surface area contributed by atoms with Gasteiger partial charge in [0.25, 0.3) is 0 Å². The van der Waals surface area contributed by atoms with E-state index < -0.39 is 6.10 Å². The molecule has 1 aliphatic carbocycles. The summed E-state index contributed by atoms with van der Waals surface area (Å²) in [5.74, 6) is 0.953. The van der Waals surface area contributed by atoms with Gasteiger partial charge in [-0.1, -0.05) is 18.9 Å². The number of aliphatic hydroxyl groups is 1. The molecule has 1 aromatic heterocycles. The Labute approximate surface area is 90.1 Å². The van der Waals surface area contributed by atoms with Crippen molar-refractivity contribution < 1.29 is 9.84 Å². The maximum atomic E-state index is 10.1. The van der Waals surface area contributed by atoms with Gasteiger partial charge in [-0.15, -0.1) is 0 Å². The third-order valence-corrected chi connectivity index (χ3v) is 3.10. The van der Waals surface area contributed by atoms with E-state index in [1.165, 1.54) is 12.8 Å². The topological polar surface area (TPSA) is 42.4 Å². The average molecular weight is 207 g/mol. The number of hydrogen-bond donors (Lipinski definition) is 1. The molecule has 0 radical (unpaired) electrons. The lowest BCUT2D eigenvalue weighted by atomic mass is 9.98. The largest absolute Gasteiger partial charge is 0.481 e. The van der Waals surface area contributed by atoms with Gasteiger partial charge in [-0.25, -0.2) is 4.98 Å². The Morgan fingerprint density at radius 2 is 2.13 bits per heavy atom. The van der Waals surface area contributed by atoms with Crippen molar-refractivity contribution in [2.45, 2.75) is 31.8 Å². The smallest absolute Gasteiger partial charge is 0.213 e. The van der Waals surface area contributed by atoms with Gasteiger partial charge in [0, 0.05) is 6.07 Å². The summed E-state index contributed by atoms with van der Waals surface area (Å²) in [5.41, 5.74) is 0.737. The van der Waals surface area contributed by atoms with E-state index in [0.29, 0.717) is 11.8 Å². The number of nitrogens with zero attached hydrogens (tertiary/aromatic N) is 1. The number of hydrogen-bond acceptors (Lipinski definition) is 3. The van der Waals surface area contributed by atoms with Gasteiger partial charge in [0.1, 0.15) is 0 Å². The molecule has 1 unspecified atom stereocenters. The molecule has 1 aliphatic rings. The Morgan fingerprint density at radius 1 is 1.40 bits per heavy atom. The number of aliphatic hydroxyl groups excluding tert-OH is 1. The third-order valence-electron chi connectivity index (χ3n) is 3.10. The monoisotopic (exact) mass is 207 g/mol. The van der Waals surface area contributed by atoms with E-state index in [0.717, 1.165) is 18.5 Å². The lowest BCUT2D eigenvalue weighted by Gasteiger charge is -2.17. The van der Waals surface area contributed by atoms with Crippen molar-refractivity contribution in [3.8, 4) is 5.88 Å². The van der Waals surface area contributed by atoms with Gasteiger partial charge in [-0.3, -0.25) is 0 Å². The molecule has 1 atom stereocenters. The summed E-state index contributed by atoms with van der Waals surface area (Å²) in [5, 5.41) is 10.1. The molecule has 0 aliphatic heterocycles. The van der Waals surface area contributed by atoms with Crippen molar-refractivity contribution in [3.05, 3.63) is 23.9 Å². The molecule has 1 saturated carbocycles. The van der Waals surface area contributed by atoms with E-state index in [4.69, 9.17) is 4.74 Å². The Hall–Kier alpha value is -1.09. The van der Waals surface area contributed by atoms with Crippen LogP contribution in [0.2, 0.25) is 0 Å². The predicted octanol–water partition coefficient (Wildman–Crippen LogP) is 2.31. The Bertz CT molecular complexity index is 321. The summed E-state index contributed by atoms with van der Waals surface area (Å²) in [4.78, 5) is 4.26. The molecule has 1 heterocycles. The second-order valence-electron chi connectivity index (χ2n) is 4.09. The van der Waals surface area contributed by atoms with Crippen LogP contribution in [0.3, 0.4) is 0 Å². The first kappa shape index (κ1) is 10.4. The molecule has 0 bridgehead atoms. The van der Waals surface area contributed by atoms with Crippen molar-refractivity contribution in [3.63, 3.8) is 0 Å². The fourth-order valence-corrected chi connectivity index (χ4v) is 2.22. The van der Waals surface area contributed by atoms with Crippen LogP contribution in [0.15, 0.2) is 18.2 Å². The zero-order valence-electron chi connectivity index (χ0n) is 9.02. The second kappa shape index (κ2) is 4.62. The molecule has 0 spiro atoms. The van der Waals surface area contributed by atoms with E-state index >= 15 is 0 Å². The summed E-state index contributed by atoms with van der Waals surface area (Å²) >= 11 is 0. The first-order valence-electron chi connectivity index (χ1n) is 5.50. The number of ether oxygens (including phenoxy) is 1. The summed E-state index contributed by atoms with van der Waals surface area (Å²) in [6.07, 6.45) is 4.25. The average Bonchev–Trinajstić information content (AvgIpc) is 2.81. The zero-order chi connectivity index (χ0) is 10.7. The van der Waals surface area contributed by atoms with E-state index in [1.54, 1.807) is 13.2 Å². The molecular weight excluding hydrogens is 190 g/mol. The number of aromatic nitrogens is 1. The molecule has 1 N–H and O–H groups in total. The number of pyridine rings is 1. The van der Waals surface area contributed by atoms with E-state index in [2.05, 4.69) is 4.98 Å². The van der Waals surface area contributed by atoms with Crippen LogP contribution in [0.25, 0.3) is 0 Å². The lowest BCUT2D eigenvalue weighted by Crippen LogP contribution is -2.10. The van der Waals surface area contributed by atoms with Gasteiger partial charge < -0.3 is 9.84 Å². The summed E-state index contributed by atoms with van der Waals surface area (Å²) in [6, 6.07) is 5.54. The highest BCUT2D eigenvalue weighted by Crippen LogP contribution is 2.35. The molecule has 3 heteroatoms. The third kappa shape index (κ3) is 2.29. The molecule has 1 aromatic rings. The normalized spacial score (nSPS) is 19.1. The first-order valence-corrected chi connectivity index (χ1v) is 5.50. The predicted molar refractivity (Wildman–Crippen MR) is 57.7 cm³/mol. The molecule has 15 heavy (non-hydrogen) atoms. The summed E-state index contributed by atoms with van der Waals surface area (Å²) in [6.45, 7) is 0. The van der Waals surface area contributed by atoms with Gasteiger partial charge in [0.2, 0.25) is 5.88 Å². The highest BCUT2D eigenvalue weighted by Gasteiger charge is 2.25. The maximum absolute atomic E-state index is 10.1. The van der Waals surface area contributed by atoms with Crippen LogP contribution >= 0.6 is 0 Å². The number of methoxy groups -OCH3 is 1. The van der Waals surface area contributed by atoms with Crippen molar-refractivity contribution in [2.24, 2.45) is 5.92 Å². The SMILES string of the molecule is COc1cccc(C(O)C2CCCC2)n1. The van der Waals surface area contributed by atoms with Crippen LogP contribution in [-0.4, -0.2) is 17.2 Å². The Kier molecular flexibility index (Phi) is 3.21. The Balaban J connectivity index is 2.13. The molecule has 0 amide bonds. The van der Waals surface area contributed by atoms with Crippen molar-refractivity contribution in [1.82, 2.24) is 4.98 Å². The van der Waals surface area contributed by atoms with Crippen LogP contribution in [0.4, 0.5) is 0 Å². The van der Waals surface area contributed by atoms with Crippen LogP contribution < -0.4 is 4.74 Å². The van der Waals surface area contributed by atoms with Crippen LogP contribution in [0, 0.1) is 5.92 Å². The van der Waals surface area contributed by atoms with Gasteiger partial charge in [0.05, 0.1) is 18.9 Å². The standard InChI is InChI=1S/C12H17NO2/c1-15-11-8-4-7-10(13-11)12(14)9-5-2-3-6-9/h4,7-9,12,14H,2-3,5-6H2,1H3. The minimum absolute atomic E-state index is 0.379. The highest BCUT2D eigenvalue weighted by molar-refractivity contribution is 5.17. The maximum Gasteiger partial charge on any atom is 0.213 e. The first-order chi connectivity index (χ1) is 7.31. The molecule has 1 fully saturated rings. The van der Waals surface area contributed by atoms with Gasteiger partial charge in [-0.2, -0.15) is 0 Å². The minimum atomic E-state index is -0.428. The van der Waals surface area contributed by atoms with Crippen molar-refractivity contribution >= 4 is 0 Å². The zero-order valence-corrected chi connectivity index (χ0v) is 9.02. The van der Waals surface area contributed by atoms with Gasteiger partial charge >= 0.3 is 0 Å². The fraction of sp³-hybridized carbons (Fsp3) is 0.583. The van der Waals surface area contributed by atoms with Gasteiger partial charge in [0.15, 0.2) is 0 Å². The van der Waals surface area contributed by atoms with Crippen LogP contribution in [-0.2, 0) is 0 Å². The fourth-order valence-electron chi connectivity index (χ4n) is 2.22. The van der Waals surface area contributed by atoms with E-state index in [-0.39, 0.29) is 0 Å². The van der Waals surface area contributed by atoms with E-state index in [1.807, 2.05) is 12.1 Å². The summed E-state index contributed by atoms with van der Waals surface area (Å²) < 4.78 is 5.05. The molecule has 3 nitrogen and oxygen atoms in total.